The van der Waals surface area contributed by atoms with Crippen molar-refractivity contribution in [3.8, 4) is 0 Å². The van der Waals surface area contributed by atoms with E-state index in [9.17, 15) is 9.18 Å². The number of nitrogens with zero attached hydrogens (tertiary/aromatic N) is 5. The molecule has 1 aromatic carbocycles. The molecule has 4 aromatic rings. The van der Waals surface area contributed by atoms with Crippen LogP contribution in [0.2, 0.25) is 0 Å². The number of hydrogen-bond acceptors (Lipinski definition) is 7. The Kier molecular flexibility index (Phi) is 6.80. The van der Waals surface area contributed by atoms with Crippen LogP contribution in [0.25, 0.3) is 5.52 Å². The first-order valence-electron chi connectivity index (χ1n) is 11.7. The van der Waals surface area contributed by atoms with Gasteiger partial charge in [-0.1, -0.05) is 0 Å². The van der Waals surface area contributed by atoms with E-state index < -0.39 is 23.1 Å². The summed E-state index contributed by atoms with van der Waals surface area (Å²) < 4.78 is 50.6. The van der Waals surface area contributed by atoms with Gasteiger partial charge in [-0.25, -0.2) is 13.9 Å². The van der Waals surface area contributed by atoms with Crippen LogP contribution in [0.5, 0.6) is 0 Å². The highest BCUT2D eigenvalue weighted by Gasteiger charge is 2.39. The average Bonchev–Trinajstić information content (AvgIpc) is 3.49. The molecule has 0 spiro atoms. The molecule has 5 rings (SSSR count). The lowest BCUT2D eigenvalue weighted by Gasteiger charge is -2.25. The second-order valence-corrected chi connectivity index (χ2v) is 8.77. The number of carbonyl (C=O) groups excluding carboxylic acids is 1. The van der Waals surface area contributed by atoms with E-state index in [0.29, 0.717) is 43.2 Å². The normalized spacial score (nSPS) is 14.7. The first-order valence-corrected chi connectivity index (χ1v) is 11.7. The van der Waals surface area contributed by atoms with Crippen molar-refractivity contribution in [1.82, 2.24) is 35.0 Å². The van der Waals surface area contributed by atoms with Gasteiger partial charge in [-0.15, -0.1) is 5.10 Å². The van der Waals surface area contributed by atoms with Crippen LogP contribution in [0.1, 0.15) is 22.6 Å². The number of morpholine rings is 1. The summed E-state index contributed by atoms with van der Waals surface area (Å²) in [5.74, 6) is -4.67. The molecule has 4 heterocycles. The van der Waals surface area contributed by atoms with Gasteiger partial charge in [0.1, 0.15) is 11.3 Å². The third-order valence-corrected chi connectivity index (χ3v) is 5.92. The highest BCUT2D eigenvalue weighted by atomic mass is 19.3. The number of hydrogen-bond donors (Lipinski definition) is 3. The molecule has 13 heteroatoms. The number of aryl methyl sites for hydroxylation is 1. The first-order chi connectivity index (χ1) is 17.8. The molecule has 3 aromatic heterocycles. The number of alkyl halides is 2. The molecular formula is C24H25F3N8O2. The zero-order chi connectivity index (χ0) is 26.0. The molecule has 0 bridgehead atoms. The van der Waals surface area contributed by atoms with Gasteiger partial charge in [-0.05, 0) is 42.8 Å². The highest BCUT2D eigenvalue weighted by molar-refractivity contribution is 5.78. The van der Waals surface area contributed by atoms with Gasteiger partial charge in [0, 0.05) is 43.2 Å². The summed E-state index contributed by atoms with van der Waals surface area (Å²) in [6, 6.07) is 7.32. The summed E-state index contributed by atoms with van der Waals surface area (Å²) in [5.41, 5.74) is 1.38. The maximum atomic E-state index is 15.4. The number of benzene rings is 1. The highest BCUT2D eigenvalue weighted by Crippen LogP contribution is 2.35. The topological polar surface area (TPSA) is 112 Å². The Morgan fingerprint density at radius 3 is 2.65 bits per heavy atom. The maximum Gasteiger partial charge on any atom is 0.333 e. The molecule has 0 unspecified atom stereocenters. The van der Waals surface area contributed by atoms with Crippen LogP contribution >= 0.6 is 0 Å². The van der Waals surface area contributed by atoms with Gasteiger partial charge < -0.3 is 15.4 Å². The molecule has 0 aliphatic carbocycles. The van der Waals surface area contributed by atoms with Crippen molar-refractivity contribution in [2.45, 2.75) is 19.4 Å². The van der Waals surface area contributed by atoms with E-state index in [0.717, 1.165) is 30.0 Å². The monoisotopic (exact) mass is 514 g/mol. The van der Waals surface area contributed by atoms with Crippen LogP contribution < -0.4 is 10.6 Å². The number of aromatic nitrogens is 5. The lowest BCUT2D eigenvalue weighted by atomic mass is 10.1. The number of nitrogens with one attached hydrogen (secondary N) is 3. The van der Waals surface area contributed by atoms with Gasteiger partial charge >= 0.3 is 5.92 Å². The molecule has 0 saturated carbocycles. The summed E-state index contributed by atoms with van der Waals surface area (Å²) in [7, 11) is 0. The Morgan fingerprint density at radius 1 is 1.19 bits per heavy atom. The second-order valence-electron chi connectivity index (χ2n) is 8.77. The Balaban J connectivity index is 1.43. The van der Waals surface area contributed by atoms with Crippen molar-refractivity contribution in [2.75, 3.05) is 38.2 Å². The molecular weight excluding hydrogens is 489 g/mol. The lowest BCUT2D eigenvalue weighted by Crippen LogP contribution is -2.43. The van der Waals surface area contributed by atoms with Crippen molar-refractivity contribution >= 4 is 23.1 Å². The standard InChI is InChI=1S/C24H25F3N8O2/c1-15-10-20(32-31-15)29-22-19-11-16(12-28-21(36)14-34-6-8-37-9-7-34)13-35(19)33-23(30-22)24(26,27)17-2-4-18(25)5-3-17/h2-5,10-11,13H,6-9,12,14H2,1H3,(H,28,36)(H2,29,30,31,32,33). The van der Waals surface area contributed by atoms with Crippen LogP contribution in [-0.2, 0) is 22.0 Å². The van der Waals surface area contributed by atoms with E-state index in [1.165, 1.54) is 4.52 Å². The van der Waals surface area contributed by atoms with Crippen LogP contribution in [-0.4, -0.2) is 68.5 Å². The predicted octanol–water partition coefficient (Wildman–Crippen LogP) is 2.73. The smallest absolute Gasteiger partial charge is 0.333 e. The molecule has 0 atom stereocenters. The SMILES string of the molecule is Cc1cc(Nc2nc(C(F)(F)c3ccc(F)cc3)nn3cc(CNC(=O)CN4CCOCC4)cc23)n[nH]1. The zero-order valence-electron chi connectivity index (χ0n) is 20.0. The summed E-state index contributed by atoms with van der Waals surface area (Å²) >= 11 is 0. The number of carbonyl (C=O) groups is 1. The minimum Gasteiger partial charge on any atom is -0.379 e. The Bertz CT molecular complexity index is 1400. The van der Waals surface area contributed by atoms with E-state index in [1.54, 1.807) is 25.3 Å². The fourth-order valence-electron chi connectivity index (χ4n) is 3.99. The maximum absolute atomic E-state index is 15.4. The molecule has 194 valence electrons. The number of anilines is 2. The van der Waals surface area contributed by atoms with Gasteiger partial charge in [-0.2, -0.15) is 13.9 Å². The van der Waals surface area contributed by atoms with E-state index in [1.807, 2.05) is 4.90 Å². The van der Waals surface area contributed by atoms with Gasteiger partial charge in [0.15, 0.2) is 11.6 Å². The van der Waals surface area contributed by atoms with Crippen molar-refractivity contribution in [2.24, 2.45) is 0 Å². The fraction of sp³-hybridized carbons (Fsp3) is 0.333. The van der Waals surface area contributed by atoms with Crippen LogP contribution in [0.4, 0.5) is 24.8 Å². The summed E-state index contributed by atoms with van der Waals surface area (Å²) in [6.45, 7) is 4.78. The van der Waals surface area contributed by atoms with Crippen molar-refractivity contribution in [1.29, 1.82) is 0 Å². The first kappa shape index (κ1) is 24.7. The Morgan fingerprint density at radius 2 is 1.95 bits per heavy atom. The van der Waals surface area contributed by atoms with E-state index in [4.69, 9.17) is 4.74 Å². The van der Waals surface area contributed by atoms with E-state index >= 15 is 8.78 Å². The number of amides is 1. The Hall–Kier alpha value is -3.97. The third kappa shape index (κ3) is 5.57. The minimum absolute atomic E-state index is 0.101. The van der Waals surface area contributed by atoms with E-state index in [-0.39, 0.29) is 24.8 Å². The molecule has 1 fully saturated rings. The van der Waals surface area contributed by atoms with Crippen LogP contribution in [0.3, 0.4) is 0 Å². The van der Waals surface area contributed by atoms with Crippen LogP contribution in [0.15, 0.2) is 42.6 Å². The quantitative estimate of drug-likeness (QED) is 0.332. The number of H-pyrrole nitrogens is 1. The number of ether oxygens (including phenoxy) is 1. The molecule has 1 amide bonds. The third-order valence-electron chi connectivity index (χ3n) is 5.92. The minimum atomic E-state index is -3.60. The summed E-state index contributed by atoms with van der Waals surface area (Å²) in [6.07, 6.45) is 1.55. The number of aromatic amines is 1. The molecule has 10 nitrogen and oxygen atoms in total. The predicted molar refractivity (Wildman–Crippen MR) is 128 cm³/mol. The van der Waals surface area contributed by atoms with Gasteiger partial charge in [0.25, 0.3) is 0 Å². The van der Waals surface area contributed by atoms with Crippen molar-refractivity contribution in [3.63, 3.8) is 0 Å². The van der Waals surface area contributed by atoms with Gasteiger partial charge in [0.2, 0.25) is 11.7 Å². The molecule has 37 heavy (non-hydrogen) atoms. The van der Waals surface area contributed by atoms with Crippen LogP contribution in [0, 0.1) is 12.7 Å². The molecule has 1 saturated heterocycles. The number of halogens is 3. The zero-order valence-corrected chi connectivity index (χ0v) is 20.0. The van der Waals surface area contributed by atoms with E-state index in [2.05, 4.69) is 30.9 Å². The summed E-state index contributed by atoms with van der Waals surface area (Å²) in [5, 5.41) is 16.7. The number of fused-ring (bicyclic) bond motifs is 1. The molecule has 0 radical (unpaired) electrons. The lowest BCUT2D eigenvalue weighted by molar-refractivity contribution is -0.123. The van der Waals surface area contributed by atoms with Crippen molar-refractivity contribution in [3.05, 3.63) is 71.1 Å². The molecule has 3 N–H and O–H groups in total. The molecule has 1 aliphatic rings. The van der Waals surface area contributed by atoms with Gasteiger partial charge in [0.05, 0.1) is 19.8 Å². The largest absolute Gasteiger partial charge is 0.379 e. The fourth-order valence-corrected chi connectivity index (χ4v) is 3.99. The summed E-state index contributed by atoms with van der Waals surface area (Å²) in [4.78, 5) is 18.5. The Labute approximate surface area is 209 Å². The van der Waals surface area contributed by atoms with Crippen molar-refractivity contribution < 1.29 is 22.7 Å². The average molecular weight is 515 g/mol. The second kappa shape index (κ2) is 10.2. The van der Waals surface area contributed by atoms with Gasteiger partial charge in [-0.3, -0.25) is 14.8 Å². The number of rotatable bonds is 8. The molecule has 1 aliphatic heterocycles.